The third-order valence-corrected chi connectivity index (χ3v) is 3.63. The molecular weight excluding hydrogens is 226 g/mol. The maximum atomic E-state index is 9.04. The number of aliphatic hydroxyl groups is 1. The van der Waals surface area contributed by atoms with E-state index in [1.165, 1.54) is 5.56 Å². The first-order chi connectivity index (χ1) is 8.51. The van der Waals surface area contributed by atoms with E-state index in [1.54, 1.807) is 0 Å². The van der Waals surface area contributed by atoms with Crippen LogP contribution in [0.1, 0.15) is 31.9 Å². The molecule has 100 valence electrons. The van der Waals surface area contributed by atoms with Crippen molar-refractivity contribution in [3.8, 4) is 0 Å². The molecule has 1 fully saturated rings. The van der Waals surface area contributed by atoms with Gasteiger partial charge in [0.25, 0.3) is 0 Å². The quantitative estimate of drug-likeness (QED) is 0.891. The lowest BCUT2D eigenvalue weighted by atomic mass is 9.99. The summed E-state index contributed by atoms with van der Waals surface area (Å²) in [7, 11) is 0. The van der Waals surface area contributed by atoms with Crippen LogP contribution in [0.5, 0.6) is 0 Å². The van der Waals surface area contributed by atoms with Crippen molar-refractivity contribution in [2.45, 2.75) is 45.6 Å². The molecule has 1 atom stereocenters. The number of morpholine rings is 1. The molecule has 1 unspecified atom stereocenters. The highest BCUT2D eigenvalue weighted by Crippen LogP contribution is 2.24. The lowest BCUT2D eigenvalue weighted by molar-refractivity contribution is -0.0949. The van der Waals surface area contributed by atoms with Crippen LogP contribution in [-0.4, -0.2) is 34.8 Å². The van der Waals surface area contributed by atoms with Crippen LogP contribution in [-0.2, 0) is 17.9 Å². The number of hydrogen-bond donors (Lipinski definition) is 1. The number of aliphatic hydroxyl groups excluding tert-OH is 1. The van der Waals surface area contributed by atoms with Crippen molar-refractivity contribution < 1.29 is 9.84 Å². The number of nitrogens with zero attached hydrogens (tertiary/aromatic N) is 1. The van der Waals surface area contributed by atoms with Gasteiger partial charge in [-0.05, 0) is 31.9 Å². The molecule has 1 heterocycles. The van der Waals surface area contributed by atoms with Crippen LogP contribution in [0.2, 0.25) is 0 Å². The van der Waals surface area contributed by atoms with Gasteiger partial charge in [0.1, 0.15) is 0 Å². The molecule has 1 saturated heterocycles. The SMILES string of the molecule is CC1CN(Cc2ccc(CO)cc2)C(C)(C)CO1. The van der Waals surface area contributed by atoms with Crippen LogP contribution < -0.4 is 0 Å². The van der Waals surface area contributed by atoms with Gasteiger partial charge in [0.2, 0.25) is 0 Å². The fraction of sp³-hybridized carbons (Fsp3) is 0.600. The molecule has 0 aromatic heterocycles. The topological polar surface area (TPSA) is 32.7 Å². The Hall–Kier alpha value is -0.900. The molecule has 1 aromatic carbocycles. The smallest absolute Gasteiger partial charge is 0.0681 e. The molecule has 1 aliphatic rings. The first kappa shape index (κ1) is 13.5. The second kappa shape index (κ2) is 5.39. The van der Waals surface area contributed by atoms with Gasteiger partial charge in [-0.25, -0.2) is 0 Å². The van der Waals surface area contributed by atoms with Gasteiger partial charge < -0.3 is 9.84 Å². The molecule has 1 N–H and O–H groups in total. The second-order valence-electron chi connectivity index (χ2n) is 5.79. The Morgan fingerprint density at radius 1 is 1.28 bits per heavy atom. The van der Waals surface area contributed by atoms with E-state index in [1.807, 2.05) is 12.1 Å². The number of rotatable bonds is 3. The first-order valence-electron chi connectivity index (χ1n) is 6.56. The summed E-state index contributed by atoms with van der Waals surface area (Å²) in [6, 6.07) is 8.18. The summed E-state index contributed by atoms with van der Waals surface area (Å²) in [4.78, 5) is 2.47. The summed E-state index contributed by atoms with van der Waals surface area (Å²) >= 11 is 0. The van der Waals surface area contributed by atoms with Gasteiger partial charge in [0.05, 0.1) is 19.3 Å². The van der Waals surface area contributed by atoms with E-state index in [-0.39, 0.29) is 12.1 Å². The molecule has 0 amide bonds. The first-order valence-corrected chi connectivity index (χ1v) is 6.56. The van der Waals surface area contributed by atoms with Crippen molar-refractivity contribution in [1.82, 2.24) is 4.90 Å². The van der Waals surface area contributed by atoms with Gasteiger partial charge in [0, 0.05) is 18.6 Å². The van der Waals surface area contributed by atoms with E-state index < -0.39 is 0 Å². The lowest BCUT2D eigenvalue weighted by Gasteiger charge is -2.44. The molecule has 0 bridgehead atoms. The average Bonchev–Trinajstić information content (AvgIpc) is 2.35. The Kier molecular flexibility index (Phi) is 4.05. The highest BCUT2D eigenvalue weighted by atomic mass is 16.5. The fourth-order valence-corrected chi connectivity index (χ4v) is 2.30. The minimum atomic E-state index is 0.0855. The molecule has 18 heavy (non-hydrogen) atoms. The molecule has 0 saturated carbocycles. The van der Waals surface area contributed by atoms with Crippen LogP contribution in [0.25, 0.3) is 0 Å². The van der Waals surface area contributed by atoms with Crippen molar-refractivity contribution in [2.24, 2.45) is 0 Å². The van der Waals surface area contributed by atoms with Crippen LogP contribution in [0.4, 0.5) is 0 Å². The standard InChI is InChI=1S/C15H23NO2/c1-12-8-16(15(2,3)11-18-12)9-13-4-6-14(10-17)7-5-13/h4-7,12,17H,8-11H2,1-3H3. The van der Waals surface area contributed by atoms with Crippen LogP contribution in [0.15, 0.2) is 24.3 Å². The molecule has 2 rings (SSSR count). The van der Waals surface area contributed by atoms with Crippen molar-refractivity contribution in [3.05, 3.63) is 35.4 Å². The van der Waals surface area contributed by atoms with Crippen LogP contribution in [0, 0.1) is 0 Å². The number of benzene rings is 1. The molecular formula is C15H23NO2. The molecule has 0 aliphatic carbocycles. The highest BCUT2D eigenvalue weighted by Gasteiger charge is 2.33. The summed E-state index contributed by atoms with van der Waals surface area (Å²) < 4.78 is 5.72. The zero-order valence-electron chi connectivity index (χ0n) is 11.5. The Labute approximate surface area is 109 Å². The summed E-state index contributed by atoms with van der Waals surface area (Å²) in [5.41, 5.74) is 2.34. The van der Waals surface area contributed by atoms with Gasteiger partial charge >= 0.3 is 0 Å². The summed E-state index contributed by atoms with van der Waals surface area (Å²) in [5, 5.41) is 9.04. The third-order valence-electron chi connectivity index (χ3n) is 3.63. The normalized spacial score (nSPS) is 24.1. The Balaban J connectivity index is 2.06. The van der Waals surface area contributed by atoms with Crippen LogP contribution in [0.3, 0.4) is 0 Å². The molecule has 3 heteroatoms. The van der Waals surface area contributed by atoms with E-state index in [0.29, 0.717) is 6.10 Å². The molecule has 1 aromatic rings. The van der Waals surface area contributed by atoms with Gasteiger partial charge in [-0.2, -0.15) is 0 Å². The van der Waals surface area contributed by atoms with Gasteiger partial charge in [0.15, 0.2) is 0 Å². The molecule has 0 radical (unpaired) electrons. The Bertz CT molecular complexity index is 386. The van der Waals surface area contributed by atoms with E-state index in [0.717, 1.165) is 25.3 Å². The van der Waals surface area contributed by atoms with Gasteiger partial charge in [-0.15, -0.1) is 0 Å². The maximum Gasteiger partial charge on any atom is 0.0681 e. The predicted molar refractivity (Wildman–Crippen MR) is 72.3 cm³/mol. The molecule has 3 nitrogen and oxygen atoms in total. The second-order valence-corrected chi connectivity index (χ2v) is 5.79. The predicted octanol–water partition coefficient (Wildman–Crippen LogP) is 2.18. The molecule has 0 spiro atoms. The fourth-order valence-electron chi connectivity index (χ4n) is 2.30. The summed E-state index contributed by atoms with van der Waals surface area (Å²) in [6.07, 6.45) is 0.301. The monoisotopic (exact) mass is 249 g/mol. The average molecular weight is 249 g/mol. The van der Waals surface area contributed by atoms with Crippen molar-refractivity contribution in [1.29, 1.82) is 0 Å². The van der Waals surface area contributed by atoms with E-state index in [2.05, 4.69) is 37.8 Å². The van der Waals surface area contributed by atoms with Crippen molar-refractivity contribution in [2.75, 3.05) is 13.2 Å². The van der Waals surface area contributed by atoms with E-state index >= 15 is 0 Å². The van der Waals surface area contributed by atoms with Gasteiger partial charge in [-0.3, -0.25) is 4.90 Å². The minimum Gasteiger partial charge on any atom is -0.392 e. The zero-order chi connectivity index (χ0) is 13.2. The van der Waals surface area contributed by atoms with Crippen molar-refractivity contribution in [3.63, 3.8) is 0 Å². The zero-order valence-corrected chi connectivity index (χ0v) is 11.5. The highest BCUT2D eigenvalue weighted by molar-refractivity contribution is 5.22. The number of hydrogen-bond acceptors (Lipinski definition) is 3. The largest absolute Gasteiger partial charge is 0.392 e. The Morgan fingerprint density at radius 3 is 2.50 bits per heavy atom. The van der Waals surface area contributed by atoms with Gasteiger partial charge in [-0.1, -0.05) is 24.3 Å². The summed E-state index contributed by atoms with van der Waals surface area (Å²) in [6.45, 7) is 9.36. The van der Waals surface area contributed by atoms with Crippen molar-refractivity contribution >= 4 is 0 Å². The lowest BCUT2D eigenvalue weighted by Crippen LogP contribution is -2.54. The third kappa shape index (κ3) is 3.10. The van der Waals surface area contributed by atoms with E-state index in [9.17, 15) is 0 Å². The number of ether oxygens (including phenoxy) is 1. The van der Waals surface area contributed by atoms with Crippen LogP contribution >= 0.6 is 0 Å². The minimum absolute atomic E-state index is 0.0855. The molecule has 1 aliphatic heterocycles. The summed E-state index contributed by atoms with van der Waals surface area (Å²) in [5.74, 6) is 0. The maximum absolute atomic E-state index is 9.04. The van der Waals surface area contributed by atoms with E-state index in [4.69, 9.17) is 9.84 Å². The Morgan fingerprint density at radius 2 is 1.89 bits per heavy atom.